The normalized spacial score (nSPS) is 12.0. The Hall–Kier alpha value is -3.19. The average molecular weight is 368 g/mol. The van der Waals surface area contributed by atoms with E-state index >= 15 is 0 Å². The summed E-state index contributed by atoms with van der Waals surface area (Å²) in [6, 6.07) is 12.6. The summed E-state index contributed by atoms with van der Waals surface area (Å²) in [5, 5.41) is 0.439. The first kappa shape index (κ1) is 18.6. The SMILES string of the molecule is COC(=O)c1ccc2c(=O)[nH]c(C[NH+](C)Cc3ccccc3OC)nc2c1. The van der Waals surface area contributed by atoms with Gasteiger partial charge in [-0.05, 0) is 30.3 Å². The monoisotopic (exact) mass is 368 g/mol. The first-order valence-corrected chi connectivity index (χ1v) is 8.56. The molecule has 2 aromatic carbocycles. The molecule has 1 aromatic heterocycles. The summed E-state index contributed by atoms with van der Waals surface area (Å²) in [5.74, 6) is 0.931. The number of rotatable bonds is 6. The Balaban J connectivity index is 1.85. The van der Waals surface area contributed by atoms with Crippen molar-refractivity contribution in [2.24, 2.45) is 0 Å². The predicted molar refractivity (Wildman–Crippen MR) is 101 cm³/mol. The maximum Gasteiger partial charge on any atom is 0.337 e. The largest absolute Gasteiger partial charge is 0.496 e. The van der Waals surface area contributed by atoms with Crippen molar-refractivity contribution < 1.29 is 19.2 Å². The van der Waals surface area contributed by atoms with E-state index in [0.29, 0.717) is 35.4 Å². The fourth-order valence-electron chi connectivity index (χ4n) is 3.04. The molecular formula is C20H22N3O4+. The molecule has 0 aliphatic carbocycles. The van der Waals surface area contributed by atoms with Gasteiger partial charge in [0.05, 0.1) is 37.7 Å². The third-order valence-electron chi connectivity index (χ3n) is 4.33. The number of hydrogen-bond donors (Lipinski definition) is 2. The van der Waals surface area contributed by atoms with Crippen LogP contribution in [0.1, 0.15) is 21.7 Å². The number of nitrogens with zero attached hydrogens (tertiary/aromatic N) is 1. The number of ether oxygens (including phenoxy) is 2. The lowest BCUT2D eigenvalue weighted by Crippen LogP contribution is -3.06. The highest BCUT2D eigenvalue weighted by atomic mass is 16.5. The van der Waals surface area contributed by atoms with Crippen LogP contribution < -0.4 is 15.2 Å². The van der Waals surface area contributed by atoms with Crippen LogP contribution in [0.2, 0.25) is 0 Å². The van der Waals surface area contributed by atoms with Crippen molar-refractivity contribution in [1.82, 2.24) is 9.97 Å². The summed E-state index contributed by atoms with van der Waals surface area (Å²) in [4.78, 5) is 32.5. The van der Waals surface area contributed by atoms with Gasteiger partial charge in [0.15, 0.2) is 5.82 Å². The van der Waals surface area contributed by atoms with Gasteiger partial charge in [0.1, 0.15) is 18.8 Å². The van der Waals surface area contributed by atoms with E-state index in [0.717, 1.165) is 16.2 Å². The maximum absolute atomic E-state index is 12.3. The molecule has 0 aliphatic rings. The molecule has 1 unspecified atom stereocenters. The second kappa shape index (κ2) is 8.01. The highest BCUT2D eigenvalue weighted by Crippen LogP contribution is 2.16. The number of aromatic amines is 1. The van der Waals surface area contributed by atoms with Crippen LogP contribution in [0.5, 0.6) is 5.75 Å². The minimum atomic E-state index is -0.459. The van der Waals surface area contributed by atoms with Gasteiger partial charge in [-0.15, -0.1) is 0 Å². The van der Waals surface area contributed by atoms with Crippen LogP contribution in [-0.4, -0.2) is 37.2 Å². The van der Waals surface area contributed by atoms with Crippen LogP contribution in [0.3, 0.4) is 0 Å². The van der Waals surface area contributed by atoms with Crippen molar-refractivity contribution >= 4 is 16.9 Å². The molecule has 1 heterocycles. The Morgan fingerprint density at radius 2 is 1.93 bits per heavy atom. The number of quaternary nitrogens is 1. The first-order chi connectivity index (χ1) is 13.0. The molecule has 0 saturated carbocycles. The van der Waals surface area contributed by atoms with Gasteiger partial charge in [-0.25, -0.2) is 9.78 Å². The highest BCUT2D eigenvalue weighted by molar-refractivity contribution is 5.93. The summed E-state index contributed by atoms with van der Waals surface area (Å²) >= 11 is 0. The Labute approximate surface area is 156 Å². The molecule has 3 rings (SSSR count). The molecule has 0 saturated heterocycles. The van der Waals surface area contributed by atoms with Gasteiger partial charge in [-0.3, -0.25) is 4.79 Å². The van der Waals surface area contributed by atoms with Crippen molar-refractivity contribution in [3.8, 4) is 5.75 Å². The number of methoxy groups -OCH3 is 2. The van der Waals surface area contributed by atoms with Crippen LogP contribution in [0, 0.1) is 0 Å². The van der Waals surface area contributed by atoms with Crippen molar-refractivity contribution in [1.29, 1.82) is 0 Å². The second-order valence-electron chi connectivity index (χ2n) is 6.36. The Morgan fingerprint density at radius 3 is 2.67 bits per heavy atom. The minimum Gasteiger partial charge on any atom is -0.496 e. The van der Waals surface area contributed by atoms with E-state index in [-0.39, 0.29) is 5.56 Å². The van der Waals surface area contributed by atoms with E-state index in [2.05, 4.69) is 9.97 Å². The maximum atomic E-state index is 12.3. The lowest BCUT2D eigenvalue weighted by Gasteiger charge is -2.15. The van der Waals surface area contributed by atoms with Gasteiger partial charge in [0.2, 0.25) is 0 Å². The lowest BCUT2D eigenvalue weighted by atomic mass is 10.1. The summed E-state index contributed by atoms with van der Waals surface area (Å²) in [6.07, 6.45) is 0. The Kier molecular flexibility index (Phi) is 5.52. The van der Waals surface area contributed by atoms with Gasteiger partial charge in [-0.1, -0.05) is 12.1 Å². The number of carbonyl (C=O) groups is 1. The molecule has 0 radical (unpaired) electrons. The molecule has 0 fully saturated rings. The molecule has 7 nitrogen and oxygen atoms in total. The van der Waals surface area contributed by atoms with Crippen LogP contribution in [0.25, 0.3) is 10.9 Å². The van der Waals surface area contributed by atoms with Crippen molar-refractivity contribution in [3.05, 3.63) is 69.8 Å². The van der Waals surface area contributed by atoms with E-state index in [1.54, 1.807) is 25.3 Å². The molecule has 0 aliphatic heterocycles. The average Bonchev–Trinajstić information content (AvgIpc) is 2.67. The molecule has 7 heteroatoms. The van der Waals surface area contributed by atoms with E-state index < -0.39 is 5.97 Å². The van der Waals surface area contributed by atoms with Crippen LogP contribution in [-0.2, 0) is 17.8 Å². The predicted octanol–water partition coefficient (Wildman–Crippen LogP) is 0.933. The number of para-hydroxylation sites is 1. The van der Waals surface area contributed by atoms with Gasteiger partial charge in [-0.2, -0.15) is 0 Å². The third-order valence-corrected chi connectivity index (χ3v) is 4.33. The molecule has 1 atom stereocenters. The zero-order valence-corrected chi connectivity index (χ0v) is 15.5. The molecule has 0 spiro atoms. The zero-order valence-electron chi connectivity index (χ0n) is 15.5. The first-order valence-electron chi connectivity index (χ1n) is 8.56. The molecule has 27 heavy (non-hydrogen) atoms. The zero-order chi connectivity index (χ0) is 19.4. The summed E-state index contributed by atoms with van der Waals surface area (Å²) in [7, 11) is 4.98. The fraction of sp³-hybridized carbons (Fsp3) is 0.250. The Morgan fingerprint density at radius 1 is 1.15 bits per heavy atom. The third kappa shape index (κ3) is 4.15. The van der Waals surface area contributed by atoms with Crippen LogP contribution >= 0.6 is 0 Å². The smallest absolute Gasteiger partial charge is 0.337 e. The molecule has 2 N–H and O–H groups in total. The number of hydrogen-bond acceptors (Lipinski definition) is 5. The summed E-state index contributed by atoms with van der Waals surface area (Å²) in [5.41, 5.74) is 1.69. The fourth-order valence-corrected chi connectivity index (χ4v) is 3.04. The number of esters is 1. The summed E-state index contributed by atoms with van der Waals surface area (Å²) < 4.78 is 10.1. The van der Waals surface area contributed by atoms with Crippen molar-refractivity contribution in [2.45, 2.75) is 13.1 Å². The molecule has 0 amide bonds. The van der Waals surface area contributed by atoms with Crippen LogP contribution in [0.4, 0.5) is 0 Å². The second-order valence-corrected chi connectivity index (χ2v) is 6.36. The lowest BCUT2D eigenvalue weighted by molar-refractivity contribution is -0.908. The topological polar surface area (TPSA) is 85.7 Å². The van der Waals surface area contributed by atoms with Crippen molar-refractivity contribution in [3.63, 3.8) is 0 Å². The van der Waals surface area contributed by atoms with E-state index in [9.17, 15) is 9.59 Å². The van der Waals surface area contributed by atoms with Crippen molar-refractivity contribution in [2.75, 3.05) is 21.3 Å². The van der Waals surface area contributed by atoms with E-state index in [4.69, 9.17) is 9.47 Å². The van der Waals surface area contributed by atoms with E-state index in [1.807, 2.05) is 31.3 Å². The minimum absolute atomic E-state index is 0.225. The number of fused-ring (bicyclic) bond motifs is 1. The number of benzene rings is 2. The molecule has 3 aromatic rings. The van der Waals surface area contributed by atoms with Gasteiger partial charge in [0.25, 0.3) is 5.56 Å². The number of aromatic nitrogens is 2. The number of nitrogens with one attached hydrogen (secondary N) is 2. The van der Waals surface area contributed by atoms with Crippen LogP contribution in [0.15, 0.2) is 47.3 Å². The highest BCUT2D eigenvalue weighted by Gasteiger charge is 2.13. The van der Waals surface area contributed by atoms with E-state index in [1.165, 1.54) is 7.11 Å². The quantitative estimate of drug-likeness (QED) is 0.633. The number of carbonyl (C=O) groups excluding carboxylic acids is 1. The Bertz CT molecular complexity index is 1030. The standard InChI is InChI=1S/C20H21N3O4/c1-23(11-14-6-4-5-7-17(14)26-2)12-18-21-16-10-13(20(25)27-3)8-9-15(16)19(24)22-18/h4-10H,11-12H2,1-3H3,(H,21,22,24)/p+1. The number of H-pyrrole nitrogens is 1. The van der Waals surface area contributed by atoms with Gasteiger partial charge >= 0.3 is 5.97 Å². The van der Waals surface area contributed by atoms with Gasteiger partial charge < -0.3 is 19.4 Å². The molecular weight excluding hydrogens is 346 g/mol. The molecule has 0 bridgehead atoms. The van der Waals surface area contributed by atoms with Gasteiger partial charge in [0, 0.05) is 5.56 Å². The summed E-state index contributed by atoms with van der Waals surface area (Å²) in [6.45, 7) is 1.24. The molecule has 140 valence electrons.